The Hall–Kier alpha value is -0.860. The van der Waals surface area contributed by atoms with E-state index in [4.69, 9.17) is 4.74 Å². The van der Waals surface area contributed by atoms with Gasteiger partial charge in [-0.05, 0) is 25.3 Å². The van der Waals surface area contributed by atoms with Crippen LogP contribution in [0, 0.1) is 5.41 Å². The summed E-state index contributed by atoms with van der Waals surface area (Å²) in [5.41, 5.74) is 1.29. The van der Waals surface area contributed by atoms with Gasteiger partial charge in [0.1, 0.15) is 0 Å². The van der Waals surface area contributed by atoms with Gasteiger partial charge in [-0.3, -0.25) is 0 Å². The molecule has 1 N–H and O–H groups in total. The second-order valence-corrected chi connectivity index (χ2v) is 6.58. The number of hydrogen-bond donors (Lipinski definition) is 1. The highest BCUT2D eigenvalue weighted by molar-refractivity contribution is 5.17. The van der Waals surface area contributed by atoms with Crippen LogP contribution in [0.15, 0.2) is 30.3 Å². The maximum atomic E-state index is 10.3. The molecule has 2 fully saturated rings. The van der Waals surface area contributed by atoms with Gasteiger partial charge in [-0.2, -0.15) is 0 Å². The van der Waals surface area contributed by atoms with Crippen molar-refractivity contribution >= 4 is 0 Å². The number of aliphatic hydroxyl groups excluding tert-OH is 1. The molecule has 0 bridgehead atoms. The molecule has 0 radical (unpaired) electrons. The van der Waals surface area contributed by atoms with Crippen molar-refractivity contribution in [1.82, 2.24) is 0 Å². The fraction of sp³-hybridized carbons (Fsp3) is 0.667. The monoisotopic (exact) mass is 274 g/mol. The van der Waals surface area contributed by atoms with Crippen LogP contribution >= 0.6 is 0 Å². The summed E-state index contributed by atoms with van der Waals surface area (Å²) >= 11 is 0. The predicted molar refractivity (Wildman–Crippen MR) is 80.5 cm³/mol. The second kappa shape index (κ2) is 5.87. The molecule has 3 unspecified atom stereocenters. The number of ether oxygens (including phenoxy) is 1. The van der Waals surface area contributed by atoms with Gasteiger partial charge in [-0.15, -0.1) is 0 Å². The Morgan fingerprint density at radius 3 is 2.35 bits per heavy atom. The molecular weight excluding hydrogens is 248 g/mol. The first-order valence-corrected chi connectivity index (χ1v) is 8.11. The van der Waals surface area contributed by atoms with Gasteiger partial charge in [0.05, 0.1) is 18.3 Å². The van der Waals surface area contributed by atoms with E-state index in [9.17, 15) is 5.11 Å². The molecule has 0 aromatic heterocycles. The Kier molecular flexibility index (Phi) is 4.13. The lowest BCUT2D eigenvalue weighted by Crippen LogP contribution is -2.58. The average molecular weight is 274 g/mol. The molecule has 0 heterocycles. The summed E-state index contributed by atoms with van der Waals surface area (Å²) in [6, 6.07) is 10.4. The highest BCUT2D eigenvalue weighted by Crippen LogP contribution is 2.53. The molecule has 1 spiro atoms. The summed E-state index contributed by atoms with van der Waals surface area (Å²) in [6.07, 6.45) is 8.43. The standard InChI is InChI=1S/C18H26O2/c1-14(15-9-5-4-6-10-15)20-17-13-16(19)18(17)11-7-2-3-8-12-18/h4-6,9-10,14,16-17,19H,2-3,7-8,11-13H2,1H3. The smallest absolute Gasteiger partial charge is 0.0800 e. The van der Waals surface area contributed by atoms with E-state index in [2.05, 4.69) is 31.2 Å². The SMILES string of the molecule is CC(OC1CC(O)C12CCCCCC2)c1ccccc1. The highest BCUT2D eigenvalue weighted by atomic mass is 16.5. The molecule has 110 valence electrons. The van der Waals surface area contributed by atoms with E-state index < -0.39 is 0 Å². The zero-order valence-electron chi connectivity index (χ0n) is 12.4. The number of benzene rings is 1. The lowest BCUT2D eigenvalue weighted by atomic mass is 9.59. The summed E-state index contributed by atoms with van der Waals surface area (Å²) < 4.78 is 6.33. The minimum atomic E-state index is -0.145. The van der Waals surface area contributed by atoms with Gasteiger partial charge in [0.25, 0.3) is 0 Å². The fourth-order valence-corrected chi connectivity index (χ4v) is 4.01. The summed E-state index contributed by atoms with van der Waals surface area (Å²) in [6.45, 7) is 2.13. The van der Waals surface area contributed by atoms with Crippen molar-refractivity contribution < 1.29 is 9.84 Å². The van der Waals surface area contributed by atoms with Gasteiger partial charge in [0.15, 0.2) is 0 Å². The van der Waals surface area contributed by atoms with E-state index in [0.29, 0.717) is 0 Å². The Labute approximate surface area is 122 Å². The minimum Gasteiger partial charge on any atom is -0.392 e. The Balaban J connectivity index is 1.68. The number of rotatable bonds is 3. The largest absolute Gasteiger partial charge is 0.392 e. The third-order valence-electron chi connectivity index (χ3n) is 5.41. The van der Waals surface area contributed by atoms with Crippen LogP contribution in [-0.2, 0) is 4.74 Å². The molecule has 2 saturated carbocycles. The van der Waals surface area contributed by atoms with Gasteiger partial charge in [0.2, 0.25) is 0 Å². The quantitative estimate of drug-likeness (QED) is 0.893. The van der Waals surface area contributed by atoms with Crippen molar-refractivity contribution in [3.8, 4) is 0 Å². The van der Waals surface area contributed by atoms with Crippen LogP contribution in [0.25, 0.3) is 0 Å². The highest BCUT2D eigenvalue weighted by Gasteiger charge is 2.55. The summed E-state index contributed by atoms with van der Waals surface area (Å²) in [4.78, 5) is 0. The molecule has 0 aliphatic heterocycles. The van der Waals surface area contributed by atoms with Crippen LogP contribution in [0.2, 0.25) is 0 Å². The Morgan fingerprint density at radius 1 is 1.10 bits per heavy atom. The topological polar surface area (TPSA) is 29.5 Å². The normalized spacial score (nSPS) is 30.5. The maximum Gasteiger partial charge on any atom is 0.0800 e. The van der Waals surface area contributed by atoms with E-state index in [1.807, 2.05) is 6.07 Å². The van der Waals surface area contributed by atoms with Crippen molar-refractivity contribution in [1.29, 1.82) is 0 Å². The van der Waals surface area contributed by atoms with Gasteiger partial charge in [-0.25, -0.2) is 0 Å². The average Bonchev–Trinajstić information content (AvgIpc) is 2.76. The van der Waals surface area contributed by atoms with Crippen molar-refractivity contribution in [3.63, 3.8) is 0 Å². The predicted octanol–water partition coefficient (Wildman–Crippen LogP) is 4.24. The molecule has 2 aliphatic rings. The van der Waals surface area contributed by atoms with Gasteiger partial charge >= 0.3 is 0 Å². The van der Waals surface area contributed by atoms with E-state index in [0.717, 1.165) is 19.3 Å². The first-order chi connectivity index (χ1) is 9.72. The van der Waals surface area contributed by atoms with Crippen LogP contribution in [0.5, 0.6) is 0 Å². The number of aliphatic hydroxyl groups is 1. The summed E-state index contributed by atoms with van der Waals surface area (Å²) in [5.74, 6) is 0. The second-order valence-electron chi connectivity index (χ2n) is 6.58. The molecule has 1 aromatic carbocycles. The molecule has 3 rings (SSSR count). The first kappa shape index (κ1) is 14.1. The molecular formula is C18H26O2. The zero-order chi connectivity index (χ0) is 14.0. The fourth-order valence-electron chi connectivity index (χ4n) is 4.01. The molecule has 2 heteroatoms. The van der Waals surface area contributed by atoms with E-state index >= 15 is 0 Å². The number of hydrogen-bond acceptors (Lipinski definition) is 2. The summed E-state index contributed by atoms with van der Waals surface area (Å²) in [5, 5.41) is 10.3. The third-order valence-corrected chi connectivity index (χ3v) is 5.41. The van der Waals surface area contributed by atoms with Crippen LogP contribution in [0.3, 0.4) is 0 Å². The molecule has 2 aliphatic carbocycles. The third kappa shape index (κ3) is 2.51. The van der Waals surface area contributed by atoms with Gasteiger partial charge < -0.3 is 9.84 Å². The van der Waals surface area contributed by atoms with Crippen LogP contribution in [0.4, 0.5) is 0 Å². The van der Waals surface area contributed by atoms with Crippen molar-refractivity contribution in [2.24, 2.45) is 5.41 Å². The first-order valence-electron chi connectivity index (χ1n) is 8.11. The molecule has 20 heavy (non-hydrogen) atoms. The van der Waals surface area contributed by atoms with Gasteiger partial charge in [-0.1, -0.05) is 56.0 Å². The van der Waals surface area contributed by atoms with Crippen molar-refractivity contribution in [3.05, 3.63) is 35.9 Å². The molecule has 2 nitrogen and oxygen atoms in total. The van der Waals surface area contributed by atoms with Crippen molar-refractivity contribution in [2.45, 2.75) is 70.2 Å². The Morgan fingerprint density at radius 2 is 1.75 bits per heavy atom. The minimum absolute atomic E-state index is 0.0551. The van der Waals surface area contributed by atoms with Crippen LogP contribution in [-0.4, -0.2) is 17.3 Å². The Bertz CT molecular complexity index is 420. The maximum absolute atomic E-state index is 10.3. The van der Waals surface area contributed by atoms with Crippen LogP contribution < -0.4 is 0 Å². The summed E-state index contributed by atoms with van der Waals surface area (Å²) in [7, 11) is 0. The van der Waals surface area contributed by atoms with Crippen molar-refractivity contribution in [2.75, 3.05) is 0 Å². The zero-order valence-corrected chi connectivity index (χ0v) is 12.4. The van der Waals surface area contributed by atoms with Gasteiger partial charge in [0, 0.05) is 11.8 Å². The van der Waals surface area contributed by atoms with E-state index in [-0.39, 0.29) is 23.7 Å². The van der Waals surface area contributed by atoms with E-state index in [1.54, 1.807) is 0 Å². The molecule has 1 aromatic rings. The lowest BCUT2D eigenvalue weighted by Gasteiger charge is -2.54. The van der Waals surface area contributed by atoms with E-state index in [1.165, 1.54) is 31.2 Å². The van der Waals surface area contributed by atoms with Crippen LogP contribution in [0.1, 0.15) is 63.5 Å². The molecule has 0 saturated heterocycles. The lowest BCUT2D eigenvalue weighted by molar-refractivity contribution is -0.215. The molecule has 3 atom stereocenters. The molecule has 0 amide bonds.